The molecule has 0 saturated heterocycles. The van der Waals surface area contributed by atoms with Gasteiger partial charge in [0.1, 0.15) is 17.1 Å². The third kappa shape index (κ3) is 5.95. The van der Waals surface area contributed by atoms with E-state index < -0.39 is 40.4 Å². The highest BCUT2D eigenvalue weighted by Gasteiger charge is 2.51. The second-order valence-corrected chi connectivity index (χ2v) is 9.83. The van der Waals surface area contributed by atoms with Crippen LogP contribution in [0.3, 0.4) is 0 Å². The van der Waals surface area contributed by atoms with Crippen molar-refractivity contribution in [3.63, 3.8) is 0 Å². The standard InChI is InChI=1S/C25H38O6/c1-14(2)9-11-25(12-10-15(3)4)22(29)17(13-18(26)24(7,8)31)21(28)19(23(25)30)20(27)16(5)6/h9-10,16,18,26,28-29,31H,11-13H2,1-8H3. The van der Waals surface area contributed by atoms with Crippen molar-refractivity contribution in [2.45, 2.75) is 86.4 Å². The average molecular weight is 435 g/mol. The molecule has 4 N–H and O–H groups in total. The van der Waals surface area contributed by atoms with E-state index in [9.17, 15) is 30.0 Å². The Morgan fingerprint density at radius 1 is 1.03 bits per heavy atom. The van der Waals surface area contributed by atoms with Crippen molar-refractivity contribution in [2.24, 2.45) is 11.3 Å². The van der Waals surface area contributed by atoms with E-state index in [4.69, 9.17) is 0 Å². The van der Waals surface area contributed by atoms with Crippen molar-refractivity contribution >= 4 is 11.6 Å². The summed E-state index contributed by atoms with van der Waals surface area (Å²) in [4.78, 5) is 26.6. The maximum Gasteiger partial charge on any atom is 0.184 e. The molecule has 0 aromatic carbocycles. The number of ketones is 2. The third-order valence-electron chi connectivity index (χ3n) is 5.62. The summed E-state index contributed by atoms with van der Waals surface area (Å²) in [6, 6.07) is 0. The van der Waals surface area contributed by atoms with E-state index in [0.717, 1.165) is 11.1 Å². The van der Waals surface area contributed by atoms with Gasteiger partial charge in [-0.3, -0.25) is 9.59 Å². The fraction of sp³-hybridized carbons (Fsp3) is 0.600. The van der Waals surface area contributed by atoms with Gasteiger partial charge in [0.05, 0.1) is 17.1 Å². The van der Waals surface area contributed by atoms with Gasteiger partial charge < -0.3 is 20.4 Å². The summed E-state index contributed by atoms with van der Waals surface area (Å²) in [5.74, 6) is -2.68. The van der Waals surface area contributed by atoms with Crippen LogP contribution in [0.4, 0.5) is 0 Å². The van der Waals surface area contributed by atoms with E-state index in [1.54, 1.807) is 13.8 Å². The van der Waals surface area contributed by atoms with Crippen molar-refractivity contribution in [3.05, 3.63) is 46.0 Å². The van der Waals surface area contributed by atoms with Gasteiger partial charge in [-0.05, 0) is 54.4 Å². The third-order valence-corrected chi connectivity index (χ3v) is 5.62. The SMILES string of the molecule is CC(C)=CCC1(CC=C(C)C)C(=O)C(C(=O)C(C)C)=C(O)C(CC(O)C(C)(C)O)=C1O. The van der Waals surface area contributed by atoms with Crippen LogP contribution in [0.25, 0.3) is 0 Å². The van der Waals surface area contributed by atoms with Gasteiger partial charge in [0.2, 0.25) is 0 Å². The van der Waals surface area contributed by atoms with Crippen LogP contribution in [0.5, 0.6) is 0 Å². The summed E-state index contributed by atoms with van der Waals surface area (Å²) < 4.78 is 0. The predicted molar refractivity (Wildman–Crippen MR) is 122 cm³/mol. The van der Waals surface area contributed by atoms with Crippen molar-refractivity contribution in [1.82, 2.24) is 0 Å². The normalized spacial score (nSPS) is 17.7. The van der Waals surface area contributed by atoms with Crippen LogP contribution in [0, 0.1) is 11.3 Å². The number of rotatable bonds is 9. The van der Waals surface area contributed by atoms with E-state index >= 15 is 0 Å². The van der Waals surface area contributed by atoms with Crippen LogP contribution < -0.4 is 0 Å². The number of carbonyl (C=O) groups is 2. The summed E-state index contributed by atoms with van der Waals surface area (Å²) >= 11 is 0. The molecule has 0 saturated carbocycles. The molecule has 31 heavy (non-hydrogen) atoms. The maximum atomic E-state index is 13.7. The molecule has 1 rings (SSSR count). The lowest BCUT2D eigenvalue weighted by molar-refractivity contribution is -0.129. The maximum absolute atomic E-state index is 13.7. The molecule has 0 heterocycles. The topological polar surface area (TPSA) is 115 Å². The number of carbonyl (C=O) groups excluding carboxylic acids is 2. The summed E-state index contributed by atoms with van der Waals surface area (Å²) in [6.07, 6.45) is 2.25. The fourth-order valence-corrected chi connectivity index (χ4v) is 3.38. The van der Waals surface area contributed by atoms with Crippen molar-refractivity contribution in [1.29, 1.82) is 0 Å². The Bertz CT molecular complexity index is 818. The zero-order chi connectivity index (χ0) is 24.3. The van der Waals surface area contributed by atoms with E-state index in [-0.39, 0.29) is 36.2 Å². The lowest BCUT2D eigenvalue weighted by Gasteiger charge is -2.37. The van der Waals surface area contributed by atoms with Gasteiger partial charge >= 0.3 is 0 Å². The monoisotopic (exact) mass is 434 g/mol. The van der Waals surface area contributed by atoms with Crippen molar-refractivity contribution in [3.8, 4) is 0 Å². The molecule has 0 bridgehead atoms. The van der Waals surface area contributed by atoms with Crippen LogP contribution in [0.2, 0.25) is 0 Å². The quantitative estimate of drug-likeness (QED) is 0.310. The molecule has 1 aliphatic carbocycles. The molecule has 1 aliphatic rings. The minimum Gasteiger partial charge on any atom is -0.511 e. The van der Waals surface area contributed by atoms with Crippen LogP contribution in [-0.2, 0) is 9.59 Å². The smallest absolute Gasteiger partial charge is 0.184 e. The molecule has 0 aromatic heterocycles. The van der Waals surface area contributed by atoms with Gasteiger partial charge in [-0.25, -0.2) is 0 Å². The second-order valence-electron chi connectivity index (χ2n) is 9.83. The van der Waals surface area contributed by atoms with Gasteiger partial charge in [-0.2, -0.15) is 0 Å². The summed E-state index contributed by atoms with van der Waals surface area (Å²) in [7, 11) is 0. The van der Waals surface area contributed by atoms with Crippen LogP contribution in [-0.4, -0.2) is 43.7 Å². The van der Waals surface area contributed by atoms with E-state index in [0.29, 0.717) is 0 Å². The minimum absolute atomic E-state index is 0.0810. The summed E-state index contributed by atoms with van der Waals surface area (Å²) in [5, 5.41) is 42.8. The first-order valence-corrected chi connectivity index (χ1v) is 10.7. The largest absolute Gasteiger partial charge is 0.511 e. The van der Waals surface area contributed by atoms with Crippen LogP contribution in [0.1, 0.15) is 74.7 Å². The number of aliphatic hydroxyl groups is 4. The lowest BCUT2D eigenvalue weighted by Crippen LogP contribution is -2.43. The molecule has 0 amide bonds. The van der Waals surface area contributed by atoms with Gasteiger partial charge in [0, 0.05) is 17.9 Å². The molecule has 0 aromatic rings. The highest BCUT2D eigenvalue weighted by molar-refractivity contribution is 6.24. The zero-order valence-corrected chi connectivity index (χ0v) is 20.0. The molecule has 6 nitrogen and oxygen atoms in total. The number of hydrogen-bond donors (Lipinski definition) is 4. The summed E-state index contributed by atoms with van der Waals surface area (Å²) in [6.45, 7) is 13.6. The minimum atomic E-state index is -1.51. The van der Waals surface area contributed by atoms with Crippen LogP contribution in [0.15, 0.2) is 46.0 Å². The first-order chi connectivity index (χ1) is 14.1. The molecule has 6 heteroatoms. The molecule has 174 valence electrons. The van der Waals surface area contributed by atoms with Gasteiger partial charge in [0.25, 0.3) is 0 Å². The Labute approximate surface area is 185 Å². The molecule has 0 spiro atoms. The van der Waals surface area contributed by atoms with Crippen LogP contribution >= 0.6 is 0 Å². The fourth-order valence-electron chi connectivity index (χ4n) is 3.38. The Balaban J connectivity index is 3.89. The molecular formula is C25H38O6. The van der Waals surface area contributed by atoms with Gasteiger partial charge in [-0.15, -0.1) is 0 Å². The Hall–Kier alpha value is -2.18. The molecule has 1 atom stereocenters. The second kappa shape index (κ2) is 9.96. The Morgan fingerprint density at radius 2 is 1.48 bits per heavy atom. The Morgan fingerprint density at radius 3 is 1.84 bits per heavy atom. The zero-order valence-electron chi connectivity index (χ0n) is 20.0. The molecule has 0 fully saturated rings. The summed E-state index contributed by atoms with van der Waals surface area (Å²) in [5.41, 5.74) is -1.55. The first-order valence-electron chi connectivity index (χ1n) is 10.7. The first kappa shape index (κ1) is 26.9. The highest BCUT2D eigenvalue weighted by atomic mass is 16.3. The van der Waals surface area contributed by atoms with Gasteiger partial charge in [0.15, 0.2) is 11.6 Å². The van der Waals surface area contributed by atoms with Gasteiger partial charge in [-0.1, -0.05) is 37.1 Å². The molecule has 1 unspecified atom stereocenters. The molecule has 0 radical (unpaired) electrons. The lowest BCUT2D eigenvalue weighted by atomic mass is 9.66. The number of Topliss-reactive ketones (excluding diaryl/α,β-unsaturated/α-hetero) is 2. The van der Waals surface area contributed by atoms with Crippen molar-refractivity contribution in [2.75, 3.05) is 0 Å². The molecule has 0 aliphatic heterocycles. The van der Waals surface area contributed by atoms with E-state index in [2.05, 4.69) is 0 Å². The van der Waals surface area contributed by atoms with Crippen molar-refractivity contribution < 1.29 is 30.0 Å². The number of allylic oxidation sites excluding steroid dienone is 7. The van der Waals surface area contributed by atoms with E-state index in [1.807, 2.05) is 39.8 Å². The Kier molecular flexibility index (Phi) is 8.63. The molecular weight excluding hydrogens is 396 g/mol. The average Bonchev–Trinajstić information content (AvgIpc) is 2.63. The number of aliphatic hydroxyl groups excluding tert-OH is 3. The predicted octanol–water partition coefficient (Wildman–Crippen LogP) is 4.64. The highest BCUT2D eigenvalue weighted by Crippen LogP contribution is 2.47. The van der Waals surface area contributed by atoms with E-state index in [1.165, 1.54) is 13.8 Å². The number of hydrogen-bond acceptors (Lipinski definition) is 6.